The Morgan fingerprint density at radius 1 is 1.06 bits per heavy atom. The molecule has 0 spiro atoms. The number of H-pyrrole nitrogens is 1. The first-order chi connectivity index (χ1) is 17.2. The maximum absolute atomic E-state index is 13.3. The smallest absolute Gasteiger partial charge is 0.328 e. The molecule has 0 bridgehead atoms. The van der Waals surface area contributed by atoms with Crippen molar-refractivity contribution < 1.29 is 22.6 Å². The summed E-state index contributed by atoms with van der Waals surface area (Å²) in [5.74, 6) is 0.927. The molecule has 0 amide bonds. The van der Waals surface area contributed by atoms with Gasteiger partial charge in [0.25, 0.3) is 5.88 Å². The zero-order chi connectivity index (χ0) is 26.0. The highest BCUT2D eigenvalue weighted by Gasteiger charge is 2.27. The molecule has 0 aliphatic rings. The van der Waals surface area contributed by atoms with Crippen LogP contribution in [0.5, 0.6) is 17.4 Å². The van der Waals surface area contributed by atoms with Crippen LogP contribution in [-0.4, -0.2) is 60.8 Å². The normalized spacial score (nSPS) is 12.5. The van der Waals surface area contributed by atoms with E-state index in [0.717, 1.165) is 22.9 Å². The molecule has 190 valence electrons. The summed E-state index contributed by atoms with van der Waals surface area (Å²) < 4.78 is 42.6. The van der Waals surface area contributed by atoms with E-state index in [4.69, 9.17) is 14.2 Å². The summed E-state index contributed by atoms with van der Waals surface area (Å²) in [6, 6.07) is 9.83. The number of aromatic nitrogens is 4. The lowest BCUT2D eigenvalue weighted by Crippen LogP contribution is -2.29. The van der Waals surface area contributed by atoms with Gasteiger partial charge in [-0.2, -0.15) is 0 Å². The maximum Gasteiger partial charge on any atom is 0.328 e. The number of methoxy groups -OCH3 is 2. The minimum Gasteiger partial charge on any atom is -0.496 e. The minimum absolute atomic E-state index is 0.214. The van der Waals surface area contributed by atoms with Crippen LogP contribution in [0, 0.1) is 6.92 Å². The number of hydrogen-bond donors (Lipinski definition) is 1. The van der Waals surface area contributed by atoms with Gasteiger partial charge in [-0.3, -0.25) is 4.57 Å². The molecular formula is C25H28N4O6S. The summed E-state index contributed by atoms with van der Waals surface area (Å²) in [6.07, 6.45) is 2.77. The largest absolute Gasteiger partial charge is 0.496 e. The van der Waals surface area contributed by atoms with Gasteiger partial charge in [-0.25, -0.2) is 23.2 Å². The molecule has 3 aromatic heterocycles. The maximum atomic E-state index is 13.3. The van der Waals surface area contributed by atoms with E-state index < -0.39 is 21.6 Å². The molecule has 11 heteroatoms. The lowest BCUT2D eigenvalue weighted by Gasteiger charge is -2.19. The Bertz CT molecular complexity index is 1580. The molecule has 1 atom stereocenters. The monoisotopic (exact) mass is 512 g/mol. The van der Waals surface area contributed by atoms with Crippen LogP contribution in [0.2, 0.25) is 0 Å². The zero-order valence-corrected chi connectivity index (χ0v) is 21.5. The topological polar surface area (TPSA) is 125 Å². The van der Waals surface area contributed by atoms with Crippen molar-refractivity contribution in [2.45, 2.75) is 19.9 Å². The van der Waals surface area contributed by atoms with E-state index in [9.17, 15) is 13.2 Å². The van der Waals surface area contributed by atoms with Gasteiger partial charge >= 0.3 is 5.69 Å². The van der Waals surface area contributed by atoms with E-state index in [1.54, 1.807) is 32.4 Å². The molecule has 0 radical (unpaired) electrons. The molecule has 4 aromatic rings. The third kappa shape index (κ3) is 4.78. The molecule has 3 heterocycles. The summed E-state index contributed by atoms with van der Waals surface area (Å²) >= 11 is 0. The molecule has 4 rings (SSSR count). The number of pyridine rings is 2. The summed E-state index contributed by atoms with van der Waals surface area (Å²) in [5, 5.41) is 0. The van der Waals surface area contributed by atoms with E-state index in [1.807, 2.05) is 31.2 Å². The van der Waals surface area contributed by atoms with Crippen LogP contribution in [0.25, 0.3) is 22.3 Å². The van der Waals surface area contributed by atoms with Gasteiger partial charge in [0.1, 0.15) is 15.6 Å². The first-order valence-electron chi connectivity index (χ1n) is 11.3. The number of hydrogen-bond acceptors (Lipinski definition) is 8. The number of aromatic amines is 1. The highest BCUT2D eigenvalue weighted by Crippen LogP contribution is 2.35. The highest BCUT2D eigenvalue weighted by atomic mass is 32.2. The SMILES string of the molecule is CCOc1nc([C@H](CS(C)(=O)=O)n2c(=O)[nH]c3c(C)c(-c4ccccc4OC)cnc32)ccc1OC. The quantitative estimate of drug-likeness (QED) is 0.363. The third-order valence-corrected chi connectivity index (χ3v) is 6.78. The second-order valence-electron chi connectivity index (χ2n) is 8.28. The molecule has 1 N–H and O–H groups in total. The summed E-state index contributed by atoms with van der Waals surface area (Å²) in [4.78, 5) is 25.2. The average Bonchev–Trinajstić information content (AvgIpc) is 3.19. The van der Waals surface area contributed by atoms with Gasteiger partial charge in [-0.15, -0.1) is 0 Å². The third-order valence-electron chi connectivity index (χ3n) is 5.86. The summed E-state index contributed by atoms with van der Waals surface area (Å²) in [6.45, 7) is 4.01. The first-order valence-corrected chi connectivity index (χ1v) is 13.3. The van der Waals surface area contributed by atoms with Crippen LogP contribution in [0.1, 0.15) is 24.2 Å². The molecular weight excluding hydrogens is 484 g/mol. The lowest BCUT2D eigenvalue weighted by molar-refractivity contribution is 0.296. The van der Waals surface area contributed by atoms with Crippen LogP contribution in [-0.2, 0) is 9.84 Å². The van der Waals surface area contributed by atoms with Crippen molar-refractivity contribution in [2.24, 2.45) is 0 Å². The van der Waals surface area contributed by atoms with Crippen molar-refractivity contribution >= 4 is 21.0 Å². The van der Waals surface area contributed by atoms with Gasteiger partial charge in [0.15, 0.2) is 11.4 Å². The van der Waals surface area contributed by atoms with Crippen LogP contribution in [0.3, 0.4) is 0 Å². The number of nitrogens with zero attached hydrogens (tertiary/aromatic N) is 3. The number of benzene rings is 1. The van der Waals surface area contributed by atoms with Gasteiger partial charge in [0.05, 0.1) is 43.8 Å². The Morgan fingerprint density at radius 3 is 2.44 bits per heavy atom. The van der Waals surface area contributed by atoms with Crippen molar-refractivity contribution in [1.29, 1.82) is 0 Å². The van der Waals surface area contributed by atoms with Crippen molar-refractivity contribution in [3.63, 3.8) is 0 Å². The van der Waals surface area contributed by atoms with E-state index in [0.29, 0.717) is 35.0 Å². The van der Waals surface area contributed by atoms with Crippen LogP contribution < -0.4 is 19.9 Å². The lowest BCUT2D eigenvalue weighted by atomic mass is 10.0. The molecule has 1 aromatic carbocycles. The minimum atomic E-state index is -3.52. The van der Waals surface area contributed by atoms with Gasteiger partial charge < -0.3 is 19.2 Å². The predicted molar refractivity (Wildman–Crippen MR) is 137 cm³/mol. The number of sulfone groups is 1. The molecule has 0 aliphatic carbocycles. The number of rotatable bonds is 9. The van der Waals surface area contributed by atoms with E-state index in [-0.39, 0.29) is 11.6 Å². The highest BCUT2D eigenvalue weighted by molar-refractivity contribution is 7.90. The number of aryl methyl sites for hydroxylation is 1. The van der Waals surface area contributed by atoms with Crippen molar-refractivity contribution in [2.75, 3.05) is 32.8 Å². The van der Waals surface area contributed by atoms with Gasteiger partial charge in [-0.05, 0) is 37.6 Å². The van der Waals surface area contributed by atoms with E-state index in [2.05, 4.69) is 15.0 Å². The van der Waals surface area contributed by atoms with Crippen molar-refractivity contribution in [3.05, 3.63) is 64.3 Å². The Kier molecular flexibility index (Phi) is 7.02. The van der Waals surface area contributed by atoms with E-state index >= 15 is 0 Å². The number of nitrogens with one attached hydrogen (secondary N) is 1. The molecule has 0 unspecified atom stereocenters. The second-order valence-corrected chi connectivity index (χ2v) is 10.5. The van der Waals surface area contributed by atoms with Crippen LogP contribution in [0.15, 0.2) is 47.4 Å². The fourth-order valence-corrected chi connectivity index (χ4v) is 5.11. The Hall–Kier alpha value is -3.86. The summed E-state index contributed by atoms with van der Waals surface area (Å²) in [7, 11) is -0.445. The van der Waals surface area contributed by atoms with Crippen molar-refractivity contribution in [3.8, 4) is 28.5 Å². The van der Waals surface area contributed by atoms with Crippen molar-refractivity contribution in [1.82, 2.24) is 19.5 Å². The van der Waals surface area contributed by atoms with Gasteiger partial charge in [-0.1, -0.05) is 18.2 Å². The number of imidazole rings is 1. The molecule has 36 heavy (non-hydrogen) atoms. The molecule has 0 fully saturated rings. The van der Waals surface area contributed by atoms with E-state index in [1.165, 1.54) is 11.7 Å². The molecule has 10 nitrogen and oxygen atoms in total. The molecule has 0 aliphatic heterocycles. The Labute approximate surface area is 208 Å². The second kappa shape index (κ2) is 10.0. The Morgan fingerprint density at radius 2 is 1.78 bits per heavy atom. The standard InChI is InChI=1S/C25H28N4O6S/c1-6-35-24-21(34-4)12-11-18(27-24)19(14-36(5,31)32)29-23-22(28-25(29)30)15(2)17(13-26-23)16-9-7-8-10-20(16)33-3/h7-13,19H,6,14H2,1-5H3,(H,28,30)/t19-/m0/s1. The number of fused-ring (bicyclic) bond motifs is 1. The average molecular weight is 513 g/mol. The zero-order valence-electron chi connectivity index (χ0n) is 20.7. The fourth-order valence-electron chi connectivity index (χ4n) is 4.21. The van der Waals surface area contributed by atoms with Crippen LogP contribution in [0.4, 0.5) is 0 Å². The number of ether oxygens (including phenoxy) is 3. The van der Waals surface area contributed by atoms with Gasteiger partial charge in [0, 0.05) is 23.6 Å². The molecule has 0 saturated carbocycles. The number of para-hydroxylation sites is 1. The first kappa shape index (κ1) is 25.2. The predicted octanol–water partition coefficient (Wildman–Crippen LogP) is 3.14. The molecule has 0 saturated heterocycles. The fraction of sp³-hybridized carbons (Fsp3) is 0.320. The van der Waals surface area contributed by atoms with Gasteiger partial charge in [0.2, 0.25) is 0 Å². The summed E-state index contributed by atoms with van der Waals surface area (Å²) in [5.41, 5.74) is 3.04. The van der Waals surface area contributed by atoms with Crippen LogP contribution >= 0.6 is 0 Å². The Balaban J connectivity index is 1.93.